The first-order chi connectivity index (χ1) is 13.5. The van der Waals surface area contributed by atoms with Gasteiger partial charge in [0.15, 0.2) is 0 Å². The molecule has 6 heteroatoms. The number of aliphatic hydroxyl groups is 1. The lowest BCUT2D eigenvalue weighted by Crippen LogP contribution is -2.52. The van der Waals surface area contributed by atoms with Crippen LogP contribution >= 0.6 is 11.6 Å². The van der Waals surface area contributed by atoms with Gasteiger partial charge in [-0.25, -0.2) is 4.99 Å². The van der Waals surface area contributed by atoms with E-state index in [1.807, 2.05) is 23.1 Å². The van der Waals surface area contributed by atoms with Crippen molar-refractivity contribution in [1.82, 2.24) is 9.80 Å². The van der Waals surface area contributed by atoms with E-state index in [2.05, 4.69) is 9.89 Å². The number of carbonyl (C=O) groups is 1. The van der Waals surface area contributed by atoms with Gasteiger partial charge in [0.25, 0.3) is 0 Å². The van der Waals surface area contributed by atoms with Gasteiger partial charge in [0.05, 0.1) is 17.6 Å². The lowest BCUT2D eigenvalue weighted by Gasteiger charge is -2.41. The van der Waals surface area contributed by atoms with Gasteiger partial charge in [-0.15, -0.1) is 0 Å². The number of piperidine rings is 1. The van der Waals surface area contributed by atoms with Crippen LogP contribution in [-0.4, -0.2) is 52.4 Å². The number of amides is 1. The molecule has 1 aromatic rings. The highest BCUT2D eigenvalue weighted by molar-refractivity contribution is 6.30. The summed E-state index contributed by atoms with van der Waals surface area (Å²) in [5.41, 5.74) is 1.26. The molecule has 2 heterocycles. The van der Waals surface area contributed by atoms with Crippen LogP contribution in [-0.2, 0) is 11.3 Å². The number of halogens is 1. The molecule has 0 radical (unpaired) electrons. The van der Waals surface area contributed by atoms with Crippen LogP contribution < -0.4 is 0 Å². The fraction of sp³-hybridized carbons (Fsp3) is 0.636. The van der Waals surface area contributed by atoms with Gasteiger partial charge >= 0.3 is 0 Å². The number of hydrogen-bond acceptors (Lipinski definition) is 4. The quantitative estimate of drug-likeness (QED) is 0.803. The number of β-amino-alcohol motifs (C(OH)–C–C–N with tert-alkyl or cyclic N) is 1. The molecule has 0 aromatic heterocycles. The Morgan fingerprint density at radius 3 is 2.75 bits per heavy atom. The van der Waals surface area contributed by atoms with Gasteiger partial charge in [-0.1, -0.05) is 43.4 Å². The predicted octanol–water partition coefficient (Wildman–Crippen LogP) is 4.14. The van der Waals surface area contributed by atoms with Crippen molar-refractivity contribution in [2.45, 2.75) is 63.5 Å². The molecule has 1 aliphatic carbocycles. The monoisotopic (exact) mass is 403 g/mol. The van der Waals surface area contributed by atoms with Crippen LogP contribution in [0.25, 0.3) is 0 Å². The molecule has 152 valence electrons. The summed E-state index contributed by atoms with van der Waals surface area (Å²) in [6.07, 6.45) is 9.99. The largest absolute Gasteiger partial charge is 0.388 e. The van der Waals surface area contributed by atoms with Gasteiger partial charge < -0.3 is 14.9 Å². The molecule has 2 fully saturated rings. The van der Waals surface area contributed by atoms with Crippen molar-refractivity contribution < 1.29 is 9.90 Å². The number of likely N-dealkylation sites (tertiary alicyclic amines) is 1. The highest BCUT2D eigenvalue weighted by Crippen LogP contribution is 2.31. The molecule has 1 aromatic carbocycles. The molecule has 0 spiro atoms. The zero-order chi connectivity index (χ0) is 19.6. The summed E-state index contributed by atoms with van der Waals surface area (Å²) in [5, 5.41) is 11.7. The topological polar surface area (TPSA) is 56.1 Å². The minimum atomic E-state index is -0.766. The normalized spacial score (nSPS) is 21.8. The van der Waals surface area contributed by atoms with Gasteiger partial charge in [0, 0.05) is 37.6 Å². The molecule has 1 N–H and O–H groups in total. The summed E-state index contributed by atoms with van der Waals surface area (Å²) in [5.74, 6) is 1.01. The maximum atomic E-state index is 12.5. The Hall–Kier alpha value is -1.59. The highest BCUT2D eigenvalue weighted by atomic mass is 35.5. The number of rotatable bonds is 5. The summed E-state index contributed by atoms with van der Waals surface area (Å²) in [4.78, 5) is 21.0. The van der Waals surface area contributed by atoms with Crippen molar-refractivity contribution in [3.8, 4) is 0 Å². The van der Waals surface area contributed by atoms with Crippen LogP contribution in [0.2, 0.25) is 5.02 Å². The van der Waals surface area contributed by atoms with Crippen molar-refractivity contribution in [3.05, 3.63) is 28.8 Å². The fourth-order valence-electron chi connectivity index (χ4n) is 4.78. The molecular weight excluding hydrogens is 374 g/mol. The van der Waals surface area contributed by atoms with Gasteiger partial charge in [0.1, 0.15) is 0 Å². The third-order valence-corrected chi connectivity index (χ3v) is 6.80. The van der Waals surface area contributed by atoms with E-state index in [1.54, 1.807) is 6.34 Å². The van der Waals surface area contributed by atoms with Crippen LogP contribution in [0, 0.1) is 5.92 Å². The van der Waals surface area contributed by atoms with Gasteiger partial charge in [-0.2, -0.15) is 0 Å². The first kappa shape index (κ1) is 19.7. The molecule has 0 bridgehead atoms. The standard InChI is InChI=1S/C22H30ClN3O2/c23-19-7-6-18-14-25(16-24-20(18)13-19)15-22(28)9-11-26(12-10-22)21(27)8-5-17-3-1-2-4-17/h6-7,13,16-17,28H,1-5,8-12,14-15H2. The minimum Gasteiger partial charge on any atom is -0.388 e. The third-order valence-electron chi connectivity index (χ3n) is 6.57. The van der Waals surface area contributed by atoms with Gasteiger partial charge in [-0.05, 0) is 42.9 Å². The van der Waals surface area contributed by atoms with Crippen molar-refractivity contribution in [2.75, 3.05) is 19.6 Å². The van der Waals surface area contributed by atoms with E-state index in [1.165, 1.54) is 25.7 Å². The third kappa shape index (κ3) is 4.69. The second-order valence-electron chi connectivity index (χ2n) is 8.72. The average molecular weight is 404 g/mol. The fourth-order valence-corrected chi connectivity index (χ4v) is 4.95. The van der Waals surface area contributed by atoms with E-state index in [0.29, 0.717) is 43.9 Å². The maximum Gasteiger partial charge on any atom is 0.222 e. The molecule has 5 nitrogen and oxygen atoms in total. The molecule has 28 heavy (non-hydrogen) atoms. The highest BCUT2D eigenvalue weighted by Gasteiger charge is 2.35. The molecule has 1 amide bonds. The molecule has 0 unspecified atom stereocenters. The summed E-state index contributed by atoms with van der Waals surface area (Å²) in [7, 11) is 0. The number of aliphatic imine (C=N–C) groups is 1. The van der Waals surface area contributed by atoms with Crippen LogP contribution in [0.5, 0.6) is 0 Å². The second-order valence-corrected chi connectivity index (χ2v) is 9.15. The Bertz CT molecular complexity index is 737. The van der Waals surface area contributed by atoms with Crippen molar-refractivity contribution >= 4 is 29.5 Å². The van der Waals surface area contributed by atoms with E-state index in [-0.39, 0.29) is 5.91 Å². The molecule has 4 rings (SSSR count). The zero-order valence-electron chi connectivity index (χ0n) is 16.4. The molecule has 1 saturated carbocycles. The van der Waals surface area contributed by atoms with Gasteiger partial charge in [0.2, 0.25) is 5.91 Å². The molecule has 2 aliphatic heterocycles. The zero-order valence-corrected chi connectivity index (χ0v) is 17.2. The summed E-state index contributed by atoms with van der Waals surface area (Å²) in [6.45, 7) is 2.57. The maximum absolute atomic E-state index is 12.5. The molecular formula is C22H30ClN3O2. The van der Waals surface area contributed by atoms with Crippen molar-refractivity contribution in [3.63, 3.8) is 0 Å². The van der Waals surface area contributed by atoms with Crippen LogP contribution in [0.4, 0.5) is 5.69 Å². The van der Waals surface area contributed by atoms with Crippen LogP contribution in [0.3, 0.4) is 0 Å². The van der Waals surface area contributed by atoms with Crippen LogP contribution in [0.15, 0.2) is 23.2 Å². The average Bonchev–Trinajstić information content (AvgIpc) is 3.20. The molecule has 1 saturated heterocycles. The lowest BCUT2D eigenvalue weighted by atomic mass is 9.90. The number of fused-ring (bicyclic) bond motifs is 1. The van der Waals surface area contributed by atoms with E-state index in [9.17, 15) is 9.90 Å². The van der Waals surface area contributed by atoms with Crippen molar-refractivity contribution in [2.24, 2.45) is 10.9 Å². The van der Waals surface area contributed by atoms with Gasteiger partial charge in [-0.3, -0.25) is 4.79 Å². The Kier molecular flexibility index (Phi) is 5.93. The molecule has 0 atom stereocenters. The number of nitrogens with zero attached hydrogens (tertiary/aromatic N) is 3. The smallest absolute Gasteiger partial charge is 0.222 e. The number of hydrogen-bond donors (Lipinski definition) is 1. The minimum absolute atomic E-state index is 0.263. The van der Waals surface area contributed by atoms with E-state index in [0.717, 1.165) is 30.1 Å². The summed E-state index contributed by atoms with van der Waals surface area (Å²) in [6, 6.07) is 5.75. The second kappa shape index (κ2) is 8.42. The first-order valence-electron chi connectivity index (χ1n) is 10.6. The summed E-state index contributed by atoms with van der Waals surface area (Å²) < 4.78 is 0. The Balaban J connectivity index is 1.26. The number of carbonyl (C=O) groups excluding carboxylic acids is 1. The van der Waals surface area contributed by atoms with E-state index >= 15 is 0 Å². The summed E-state index contributed by atoms with van der Waals surface area (Å²) >= 11 is 6.03. The Morgan fingerprint density at radius 2 is 2.00 bits per heavy atom. The van der Waals surface area contributed by atoms with Crippen molar-refractivity contribution in [1.29, 1.82) is 0 Å². The lowest BCUT2D eigenvalue weighted by molar-refractivity contribution is -0.136. The van der Waals surface area contributed by atoms with E-state index < -0.39 is 5.60 Å². The van der Waals surface area contributed by atoms with Crippen LogP contribution in [0.1, 0.15) is 56.9 Å². The first-order valence-corrected chi connectivity index (χ1v) is 11.0. The Morgan fingerprint density at radius 1 is 1.25 bits per heavy atom. The number of benzene rings is 1. The van der Waals surface area contributed by atoms with E-state index in [4.69, 9.17) is 11.6 Å². The molecule has 3 aliphatic rings. The predicted molar refractivity (Wildman–Crippen MR) is 112 cm³/mol. The SMILES string of the molecule is O=C(CCC1CCCC1)N1CCC(O)(CN2C=Nc3cc(Cl)ccc3C2)CC1. The Labute approximate surface area is 172 Å².